The molecule has 2 nitrogen and oxygen atoms in total. The van der Waals surface area contributed by atoms with E-state index in [0.717, 1.165) is 30.2 Å². The minimum atomic E-state index is 0.772. The Balaban J connectivity index is 2.18. The number of alkyl halides is 1. The number of aryl methyl sites for hydroxylation is 1. The highest BCUT2D eigenvalue weighted by Gasteiger charge is 1.92. The topological polar surface area (TPSA) is 24.9 Å². The number of anilines is 1. The fourth-order valence-electron chi connectivity index (χ4n) is 1.28. The van der Waals surface area contributed by atoms with Crippen LogP contribution in [0.1, 0.15) is 25.0 Å². The van der Waals surface area contributed by atoms with Gasteiger partial charge in [0.05, 0.1) is 0 Å². The molecule has 1 N–H and O–H groups in total. The van der Waals surface area contributed by atoms with Crippen molar-refractivity contribution in [3.05, 3.63) is 24.0 Å². The Morgan fingerprint density at radius 1 is 1.36 bits per heavy atom. The summed E-state index contributed by atoms with van der Waals surface area (Å²) in [5.41, 5.74) is 2.21. The minimum absolute atomic E-state index is 0.772. The zero-order valence-electron chi connectivity index (χ0n) is 8.59. The molecule has 0 spiro atoms. The lowest BCUT2D eigenvalue weighted by Gasteiger charge is -2.05. The Hall–Kier alpha value is -0.760. The van der Waals surface area contributed by atoms with Gasteiger partial charge in [0, 0.05) is 30.0 Å². The molecule has 0 saturated heterocycles. The van der Waals surface area contributed by atoms with Gasteiger partial charge >= 0.3 is 0 Å². The summed E-state index contributed by atoms with van der Waals surface area (Å²) >= 11 is 5.59. The highest BCUT2D eigenvalue weighted by atomic mass is 35.5. The number of pyridine rings is 1. The maximum absolute atomic E-state index is 5.59. The van der Waals surface area contributed by atoms with Gasteiger partial charge in [0.2, 0.25) is 0 Å². The van der Waals surface area contributed by atoms with E-state index in [-0.39, 0.29) is 0 Å². The lowest BCUT2D eigenvalue weighted by molar-refractivity contribution is 0.747. The van der Waals surface area contributed by atoms with Crippen molar-refractivity contribution in [1.82, 2.24) is 4.98 Å². The lowest BCUT2D eigenvalue weighted by atomic mass is 10.2. The van der Waals surface area contributed by atoms with E-state index < -0.39 is 0 Å². The Morgan fingerprint density at radius 2 is 2.21 bits per heavy atom. The second-order valence-electron chi connectivity index (χ2n) is 3.36. The summed E-state index contributed by atoms with van der Waals surface area (Å²) in [5.74, 6) is 0.772. The first-order chi connectivity index (χ1) is 6.83. The first-order valence-electron chi connectivity index (χ1n) is 5.05. The molecule has 1 aromatic rings. The summed E-state index contributed by atoms with van der Waals surface area (Å²) in [5, 5.41) is 3.36. The van der Waals surface area contributed by atoms with Crippen LogP contribution in [0.2, 0.25) is 0 Å². The quantitative estimate of drug-likeness (QED) is 0.579. The number of unbranched alkanes of at least 4 members (excludes halogenated alkanes) is 2. The summed E-state index contributed by atoms with van der Waals surface area (Å²) in [6.45, 7) is 3.01. The van der Waals surface area contributed by atoms with Gasteiger partial charge in [-0.15, -0.1) is 11.6 Å². The lowest BCUT2D eigenvalue weighted by Crippen LogP contribution is -2.01. The molecular formula is C11H17ClN2. The maximum Gasteiger partial charge on any atom is 0.0393 e. The number of nitrogens with zero attached hydrogens (tertiary/aromatic N) is 1. The van der Waals surface area contributed by atoms with Crippen LogP contribution in [0.25, 0.3) is 0 Å². The van der Waals surface area contributed by atoms with E-state index in [1.54, 1.807) is 0 Å². The van der Waals surface area contributed by atoms with E-state index in [1.807, 2.05) is 19.2 Å². The van der Waals surface area contributed by atoms with Gasteiger partial charge in [0.15, 0.2) is 0 Å². The van der Waals surface area contributed by atoms with Gasteiger partial charge in [-0.3, -0.25) is 4.98 Å². The minimum Gasteiger partial charge on any atom is -0.385 e. The predicted octanol–water partition coefficient (Wildman–Crippen LogP) is 3.21. The Labute approximate surface area is 90.7 Å². The average molecular weight is 213 g/mol. The summed E-state index contributed by atoms with van der Waals surface area (Å²) in [4.78, 5) is 4.14. The molecule has 0 radical (unpaired) electrons. The third kappa shape index (κ3) is 4.47. The van der Waals surface area contributed by atoms with Gasteiger partial charge in [-0.1, -0.05) is 6.42 Å². The van der Waals surface area contributed by atoms with Crippen molar-refractivity contribution in [2.24, 2.45) is 0 Å². The number of rotatable bonds is 6. The number of hydrogen-bond acceptors (Lipinski definition) is 2. The van der Waals surface area contributed by atoms with Crippen molar-refractivity contribution in [3.8, 4) is 0 Å². The standard InChI is InChI=1S/C11H17ClN2/c1-10-9-11(5-8-13-10)14-7-4-2-3-6-12/h5,8-9H,2-4,6-7H2,1H3,(H,13,14). The van der Waals surface area contributed by atoms with E-state index in [4.69, 9.17) is 11.6 Å². The first kappa shape index (κ1) is 11.3. The van der Waals surface area contributed by atoms with Crippen LogP contribution < -0.4 is 5.32 Å². The fraction of sp³-hybridized carbons (Fsp3) is 0.545. The zero-order valence-corrected chi connectivity index (χ0v) is 9.35. The van der Waals surface area contributed by atoms with Gasteiger partial charge in [0.25, 0.3) is 0 Å². The van der Waals surface area contributed by atoms with Crippen molar-refractivity contribution in [3.63, 3.8) is 0 Å². The highest BCUT2D eigenvalue weighted by molar-refractivity contribution is 6.17. The van der Waals surface area contributed by atoms with Crippen LogP contribution in [-0.4, -0.2) is 17.4 Å². The Bertz CT molecular complexity index is 263. The molecule has 3 heteroatoms. The normalized spacial score (nSPS) is 10.1. The van der Waals surface area contributed by atoms with Gasteiger partial charge in [-0.25, -0.2) is 0 Å². The molecule has 0 aliphatic carbocycles. The van der Waals surface area contributed by atoms with E-state index in [2.05, 4.69) is 16.4 Å². The largest absolute Gasteiger partial charge is 0.385 e. The van der Waals surface area contributed by atoms with Crippen molar-refractivity contribution in [2.75, 3.05) is 17.7 Å². The molecule has 0 atom stereocenters. The molecule has 0 unspecified atom stereocenters. The summed E-state index contributed by atoms with van der Waals surface area (Å²) < 4.78 is 0. The molecule has 0 fully saturated rings. The molecule has 0 saturated carbocycles. The smallest absolute Gasteiger partial charge is 0.0393 e. The van der Waals surface area contributed by atoms with Crippen LogP contribution in [0.5, 0.6) is 0 Å². The molecule has 0 amide bonds. The molecule has 1 aromatic heterocycles. The third-order valence-corrected chi connectivity index (χ3v) is 2.30. The third-order valence-electron chi connectivity index (χ3n) is 2.04. The monoisotopic (exact) mass is 212 g/mol. The zero-order chi connectivity index (χ0) is 10.2. The molecule has 0 bridgehead atoms. The van der Waals surface area contributed by atoms with Crippen LogP contribution in [0, 0.1) is 6.92 Å². The molecule has 1 heterocycles. The summed E-state index contributed by atoms with van der Waals surface area (Å²) in [6, 6.07) is 4.05. The van der Waals surface area contributed by atoms with Crippen LogP contribution >= 0.6 is 11.6 Å². The van der Waals surface area contributed by atoms with Gasteiger partial charge in [0.1, 0.15) is 0 Å². The summed E-state index contributed by atoms with van der Waals surface area (Å²) in [7, 11) is 0. The molecule has 1 rings (SSSR count). The van der Waals surface area contributed by atoms with Crippen molar-refractivity contribution < 1.29 is 0 Å². The van der Waals surface area contributed by atoms with E-state index in [0.29, 0.717) is 0 Å². The second-order valence-corrected chi connectivity index (χ2v) is 3.74. The number of aromatic nitrogens is 1. The molecule has 0 aliphatic rings. The molecule has 0 aliphatic heterocycles. The first-order valence-corrected chi connectivity index (χ1v) is 5.59. The van der Waals surface area contributed by atoms with Crippen LogP contribution in [0.4, 0.5) is 5.69 Å². The highest BCUT2D eigenvalue weighted by Crippen LogP contribution is 2.07. The number of hydrogen-bond donors (Lipinski definition) is 1. The van der Waals surface area contributed by atoms with Gasteiger partial charge in [-0.05, 0) is 31.9 Å². The van der Waals surface area contributed by atoms with Crippen LogP contribution in [-0.2, 0) is 0 Å². The van der Waals surface area contributed by atoms with Crippen molar-refractivity contribution in [2.45, 2.75) is 26.2 Å². The maximum atomic E-state index is 5.59. The van der Waals surface area contributed by atoms with E-state index in [9.17, 15) is 0 Å². The number of nitrogens with one attached hydrogen (secondary N) is 1. The molecule has 0 aromatic carbocycles. The number of halogens is 1. The van der Waals surface area contributed by atoms with E-state index >= 15 is 0 Å². The fourth-order valence-corrected chi connectivity index (χ4v) is 1.47. The van der Waals surface area contributed by atoms with Crippen molar-refractivity contribution in [1.29, 1.82) is 0 Å². The van der Waals surface area contributed by atoms with Crippen LogP contribution in [0.15, 0.2) is 18.3 Å². The molecular weight excluding hydrogens is 196 g/mol. The molecule has 78 valence electrons. The Morgan fingerprint density at radius 3 is 2.93 bits per heavy atom. The summed E-state index contributed by atoms with van der Waals surface area (Å²) in [6.07, 6.45) is 5.31. The van der Waals surface area contributed by atoms with Crippen molar-refractivity contribution >= 4 is 17.3 Å². The SMILES string of the molecule is Cc1cc(NCCCCCCl)ccn1. The van der Waals surface area contributed by atoms with Crippen LogP contribution in [0.3, 0.4) is 0 Å². The second kappa shape index (κ2) is 6.66. The average Bonchev–Trinajstić information content (AvgIpc) is 2.18. The van der Waals surface area contributed by atoms with E-state index in [1.165, 1.54) is 12.8 Å². The predicted molar refractivity (Wildman–Crippen MR) is 62.0 cm³/mol. The Kier molecular flexibility index (Phi) is 5.38. The molecule has 14 heavy (non-hydrogen) atoms. The van der Waals surface area contributed by atoms with Gasteiger partial charge in [-0.2, -0.15) is 0 Å². The van der Waals surface area contributed by atoms with Gasteiger partial charge < -0.3 is 5.32 Å².